The van der Waals surface area contributed by atoms with Gasteiger partial charge in [-0.15, -0.1) is 0 Å². The van der Waals surface area contributed by atoms with Crippen molar-refractivity contribution in [1.82, 2.24) is 5.32 Å². The lowest BCUT2D eigenvalue weighted by Gasteiger charge is -2.09. The lowest BCUT2D eigenvalue weighted by Crippen LogP contribution is -2.21. The number of amides is 1. The van der Waals surface area contributed by atoms with Crippen LogP contribution in [0.4, 0.5) is 4.39 Å². The second-order valence-corrected chi connectivity index (χ2v) is 2.42. The molecule has 0 bridgehead atoms. The van der Waals surface area contributed by atoms with E-state index in [1.165, 1.54) is 18.2 Å². The van der Waals surface area contributed by atoms with Crippen LogP contribution < -0.4 is 5.32 Å². The molecule has 1 unspecified atom stereocenters. The summed E-state index contributed by atoms with van der Waals surface area (Å²) in [4.78, 5) is 20.5. The van der Waals surface area contributed by atoms with Gasteiger partial charge in [0.15, 0.2) is 0 Å². The number of aldehydes is 1. The lowest BCUT2D eigenvalue weighted by molar-refractivity contribution is -0.115. The average molecular weight is 181 g/mol. The smallest absolute Gasteiger partial charge is 0.207 e. The Labute approximate surface area is 74.6 Å². The first-order valence-electron chi connectivity index (χ1n) is 3.69. The molecule has 0 aliphatic heterocycles. The highest BCUT2D eigenvalue weighted by Gasteiger charge is 2.12. The Morgan fingerprint density at radius 1 is 1.31 bits per heavy atom. The molecule has 1 N–H and O–H groups in total. The minimum absolute atomic E-state index is 0.171. The summed E-state index contributed by atoms with van der Waals surface area (Å²) in [5.41, 5.74) is 0.171. The zero-order valence-corrected chi connectivity index (χ0v) is 6.74. The van der Waals surface area contributed by atoms with Crippen LogP contribution in [0.2, 0.25) is 0 Å². The highest BCUT2D eigenvalue weighted by atomic mass is 19.1. The molecule has 0 heterocycles. The number of carbonyl (C=O) groups excluding carboxylic acids is 2. The van der Waals surface area contributed by atoms with Gasteiger partial charge < -0.3 is 10.1 Å². The van der Waals surface area contributed by atoms with E-state index >= 15 is 0 Å². The van der Waals surface area contributed by atoms with E-state index in [1.807, 2.05) is 0 Å². The fourth-order valence-corrected chi connectivity index (χ4v) is 1.00. The first-order chi connectivity index (χ1) is 6.29. The maximum Gasteiger partial charge on any atom is 0.207 e. The van der Waals surface area contributed by atoms with Gasteiger partial charge in [-0.3, -0.25) is 4.79 Å². The number of carbonyl (C=O) groups is 2. The summed E-state index contributed by atoms with van der Waals surface area (Å²) in [6.45, 7) is 0. The molecule has 4 heteroatoms. The van der Waals surface area contributed by atoms with Gasteiger partial charge >= 0.3 is 0 Å². The maximum absolute atomic E-state index is 13.0. The predicted octanol–water partition coefficient (Wildman–Crippen LogP) is 0.812. The van der Waals surface area contributed by atoms with Crippen LogP contribution in [0, 0.1) is 5.82 Å². The minimum Gasteiger partial charge on any atom is -0.345 e. The second kappa shape index (κ2) is 4.35. The van der Waals surface area contributed by atoms with Crippen molar-refractivity contribution in [3.8, 4) is 0 Å². The molecule has 0 aliphatic carbocycles. The van der Waals surface area contributed by atoms with Crippen LogP contribution in [0.25, 0.3) is 0 Å². The standard InChI is InChI=1S/C9H8FNO2/c10-8-4-2-1-3-7(8)9(5-12)11-6-13/h1-6,9H,(H,11,13). The summed E-state index contributed by atoms with van der Waals surface area (Å²) >= 11 is 0. The number of nitrogens with one attached hydrogen (secondary N) is 1. The average Bonchev–Trinajstić information content (AvgIpc) is 2.16. The number of benzene rings is 1. The molecular weight excluding hydrogens is 173 g/mol. The quantitative estimate of drug-likeness (QED) is 0.699. The molecule has 0 fully saturated rings. The number of rotatable bonds is 4. The van der Waals surface area contributed by atoms with Gasteiger partial charge in [0.2, 0.25) is 6.41 Å². The number of hydrogen-bond acceptors (Lipinski definition) is 2. The number of hydrogen-bond donors (Lipinski definition) is 1. The van der Waals surface area contributed by atoms with Crippen LogP contribution in [0.15, 0.2) is 24.3 Å². The minimum atomic E-state index is -0.904. The summed E-state index contributed by atoms with van der Waals surface area (Å²) in [6.07, 6.45) is 0.846. The van der Waals surface area contributed by atoms with E-state index in [4.69, 9.17) is 0 Å². The van der Waals surface area contributed by atoms with Crippen molar-refractivity contribution in [2.45, 2.75) is 6.04 Å². The molecule has 0 saturated carbocycles. The van der Waals surface area contributed by atoms with E-state index in [9.17, 15) is 14.0 Å². The zero-order valence-electron chi connectivity index (χ0n) is 6.74. The normalized spacial score (nSPS) is 11.8. The fourth-order valence-electron chi connectivity index (χ4n) is 1.00. The summed E-state index contributed by atoms with van der Waals surface area (Å²) in [5, 5.41) is 2.20. The predicted molar refractivity (Wildman–Crippen MR) is 44.4 cm³/mol. The molecule has 13 heavy (non-hydrogen) atoms. The third-order valence-electron chi connectivity index (χ3n) is 1.62. The van der Waals surface area contributed by atoms with Gasteiger partial charge in [-0.05, 0) is 6.07 Å². The molecule has 1 rings (SSSR count). The van der Waals surface area contributed by atoms with E-state index in [1.54, 1.807) is 6.07 Å². The third-order valence-corrected chi connectivity index (χ3v) is 1.62. The Morgan fingerprint density at radius 3 is 2.54 bits per heavy atom. The molecule has 0 saturated heterocycles. The van der Waals surface area contributed by atoms with Crippen LogP contribution in [-0.2, 0) is 9.59 Å². The number of halogens is 1. The maximum atomic E-state index is 13.0. The first kappa shape index (κ1) is 9.38. The Balaban J connectivity index is 2.96. The van der Waals surface area contributed by atoms with Crippen LogP contribution in [0.3, 0.4) is 0 Å². The summed E-state index contributed by atoms with van der Waals surface area (Å²) in [6, 6.07) is 4.89. The van der Waals surface area contributed by atoms with Gasteiger partial charge in [0.05, 0.1) is 0 Å². The molecular formula is C9H8FNO2. The van der Waals surface area contributed by atoms with Crippen molar-refractivity contribution < 1.29 is 14.0 Å². The first-order valence-corrected chi connectivity index (χ1v) is 3.69. The molecule has 1 aromatic rings. The van der Waals surface area contributed by atoms with Crippen molar-refractivity contribution in [1.29, 1.82) is 0 Å². The second-order valence-electron chi connectivity index (χ2n) is 2.42. The molecule has 3 nitrogen and oxygen atoms in total. The highest BCUT2D eigenvalue weighted by molar-refractivity contribution is 5.66. The SMILES string of the molecule is O=CNC(C=O)c1ccccc1F. The van der Waals surface area contributed by atoms with Crippen LogP contribution >= 0.6 is 0 Å². The zero-order chi connectivity index (χ0) is 9.68. The molecule has 1 atom stereocenters. The van der Waals surface area contributed by atoms with E-state index in [0.717, 1.165) is 0 Å². The summed E-state index contributed by atoms with van der Waals surface area (Å²) < 4.78 is 13.0. The third kappa shape index (κ3) is 2.11. The molecule has 0 spiro atoms. The molecule has 68 valence electrons. The molecule has 0 radical (unpaired) electrons. The van der Waals surface area contributed by atoms with E-state index < -0.39 is 11.9 Å². The molecule has 1 amide bonds. The Hall–Kier alpha value is -1.71. The van der Waals surface area contributed by atoms with Gasteiger partial charge in [-0.25, -0.2) is 4.39 Å². The monoisotopic (exact) mass is 181 g/mol. The summed E-state index contributed by atoms with van der Waals surface area (Å²) in [5.74, 6) is -0.506. The van der Waals surface area contributed by atoms with Gasteiger partial charge in [0.25, 0.3) is 0 Å². The van der Waals surface area contributed by atoms with Crippen molar-refractivity contribution in [2.75, 3.05) is 0 Å². The van der Waals surface area contributed by atoms with E-state index in [0.29, 0.717) is 12.7 Å². The largest absolute Gasteiger partial charge is 0.345 e. The molecule has 0 aromatic heterocycles. The Bertz CT molecular complexity index is 314. The van der Waals surface area contributed by atoms with E-state index in [-0.39, 0.29) is 5.56 Å². The highest BCUT2D eigenvalue weighted by Crippen LogP contribution is 2.13. The van der Waals surface area contributed by atoms with Gasteiger partial charge in [-0.1, -0.05) is 18.2 Å². The van der Waals surface area contributed by atoms with Crippen LogP contribution in [-0.4, -0.2) is 12.7 Å². The fraction of sp³-hybridized carbons (Fsp3) is 0.111. The van der Waals surface area contributed by atoms with Gasteiger partial charge in [0.1, 0.15) is 18.1 Å². The summed E-state index contributed by atoms with van der Waals surface area (Å²) in [7, 11) is 0. The van der Waals surface area contributed by atoms with Gasteiger partial charge in [-0.2, -0.15) is 0 Å². The van der Waals surface area contributed by atoms with Crippen molar-refractivity contribution in [3.63, 3.8) is 0 Å². The van der Waals surface area contributed by atoms with Gasteiger partial charge in [0, 0.05) is 5.56 Å². The lowest BCUT2D eigenvalue weighted by atomic mass is 10.1. The molecule has 0 aliphatic rings. The van der Waals surface area contributed by atoms with Crippen LogP contribution in [0.5, 0.6) is 0 Å². The molecule has 1 aromatic carbocycles. The van der Waals surface area contributed by atoms with Crippen molar-refractivity contribution in [3.05, 3.63) is 35.6 Å². The topological polar surface area (TPSA) is 46.2 Å². The van der Waals surface area contributed by atoms with E-state index in [2.05, 4.69) is 5.32 Å². The van der Waals surface area contributed by atoms with Crippen molar-refractivity contribution >= 4 is 12.7 Å². The van der Waals surface area contributed by atoms with Crippen molar-refractivity contribution in [2.24, 2.45) is 0 Å². The van der Waals surface area contributed by atoms with Crippen LogP contribution in [0.1, 0.15) is 11.6 Å². The Morgan fingerprint density at radius 2 is 2.00 bits per heavy atom. The Kier molecular flexibility index (Phi) is 3.14.